The number of hydrogen-bond acceptors (Lipinski definition) is 5. The van der Waals surface area contributed by atoms with Crippen molar-refractivity contribution in [3.63, 3.8) is 0 Å². The molecule has 2 heterocycles. The molecule has 0 unspecified atom stereocenters. The first-order chi connectivity index (χ1) is 10.8. The lowest BCUT2D eigenvalue weighted by molar-refractivity contribution is 0.0793. The van der Waals surface area contributed by atoms with Gasteiger partial charge in [-0.3, -0.25) is 4.79 Å². The predicted octanol–water partition coefficient (Wildman–Crippen LogP) is 1.51. The number of tetrazole rings is 1. The van der Waals surface area contributed by atoms with Crippen molar-refractivity contribution in [1.82, 2.24) is 25.1 Å². The van der Waals surface area contributed by atoms with Gasteiger partial charge < -0.3 is 9.64 Å². The summed E-state index contributed by atoms with van der Waals surface area (Å²) in [5, 5.41) is 11.4. The molecular weight excluding hydrogens is 282 g/mol. The molecular formula is C15H19N5O2. The van der Waals surface area contributed by atoms with Gasteiger partial charge in [0, 0.05) is 25.2 Å². The Morgan fingerprint density at radius 2 is 1.95 bits per heavy atom. The Labute approximate surface area is 128 Å². The van der Waals surface area contributed by atoms with Crippen molar-refractivity contribution < 1.29 is 9.53 Å². The van der Waals surface area contributed by atoms with Crippen LogP contribution in [0.2, 0.25) is 0 Å². The maximum atomic E-state index is 12.2. The van der Waals surface area contributed by atoms with Crippen LogP contribution in [0.5, 0.6) is 5.75 Å². The highest BCUT2D eigenvalue weighted by atomic mass is 16.5. The molecule has 1 saturated heterocycles. The lowest BCUT2D eigenvalue weighted by atomic mass is 10.2. The number of amides is 1. The van der Waals surface area contributed by atoms with Crippen molar-refractivity contribution >= 4 is 5.91 Å². The van der Waals surface area contributed by atoms with Crippen LogP contribution in [0.3, 0.4) is 0 Å². The van der Waals surface area contributed by atoms with Gasteiger partial charge in [0.05, 0.1) is 0 Å². The van der Waals surface area contributed by atoms with Gasteiger partial charge in [0.15, 0.2) is 5.82 Å². The van der Waals surface area contributed by atoms with Crippen LogP contribution >= 0.6 is 0 Å². The van der Waals surface area contributed by atoms with Gasteiger partial charge in [-0.1, -0.05) is 0 Å². The lowest BCUT2D eigenvalue weighted by Crippen LogP contribution is -2.27. The average Bonchev–Trinajstić information content (AvgIpc) is 3.24. The van der Waals surface area contributed by atoms with Crippen LogP contribution in [0, 0.1) is 0 Å². The van der Waals surface area contributed by atoms with Crippen molar-refractivity contribution in [2.24, 2.45) is 0 Å². The van der Waals surface area contributed by atoms with E-state index in [9.17, 15) is 4.79 Å². The zero-order chi connectivity index (χ0) is 15.4. The van der Waals surface area contributed by atoms with Crippen molar-refractivity contribution in [3.05, 3.63) is 35.7 Å². The minimum atomic E-state index is 0.0963. The van der Waals surface area contributed by atoms with E-state index in [0.717, 1.165) is 25.9 Å². The van der Waals surface area contributed by atoms with E-state index in [4.69, 9.17) is 4.74 Å². The van der Waals surface area contributed by atoms with Crippen LogP contribution in [-0.2, 0) is 13.2 Å². The molecule has 3 rings (SSSR count). The summed E-state index contributed by atoms with van der Waals surface area (Å²) in [6, 6.07) is 7.23. The molecule has 1 aromatic heterocycles. The second kappa shape index (κ2) is 6.55. The van der Waals surface area contributed by atoms with Crippen molar-refractivity contribution in [2.45, 2.75) is 32.9 Å². The first-order valence-corrected chi connectivity index (χ1v) is 7.55. The second-order valence-corrected chi connectivity index (χ2v) is 5.22. The highest BCUT2D eigenvalue weighted by molar-refractivity contribution is 5.94. The number of benzene rings is 1. The molecule has 1 aromatic carbocycles. The molecule has 1 aliphatic rings. The number of carbonyl (C=O) groups is 1. The highest BCUT2D eigenvalue weighted by Gasteiger charge is 2.19. The Kier molecular flexibility index (Phi) is 4.32. The zero-order valence-corrected chi connectivity index (χ0v) is 12.6. The third-order valence-electron chi connectivity index (χ3n) is 3.77. The number of rotatable bonds is 5. The van der Waals surface area contributed by atoms with Gasteiger partial charge in [-0.15, -0.1) is 5.10 Å². The van der Waals surface area contributed by atoms with Gasteiger partial charge in [0.2, 0.25) is 0 Å². The molecule has 22 heavy (non-hydrogen) atoms. The third-order valence-corrected chi connectivity index (χ3v) is 3.77. The van der Waals surface area contributed by atoms with Gasteiger partial charge in [-0.25, -0.2) is 4.68 Å². The Morgan fingerprint density at radius 1 is 1.23 bits per heavy atom. The molecule has 7 heteroatoms. The van der Waals surface area contributed by atoms with Gasteiger partial charge >= 0.3 is 0 Å². The van der Waals surface area contributed by atoms with Crippen LogP contribution in [-0.4, -0.2) is 44.1 Å². The van der Waals surface area contributed by atoms with Crippen LogP contribution < -0.4 is 4.74 Å². The summed E-state index contributed by atoms with van der Waals surface area (Å²) in [4.78, 5) is 14.1. The molecule has 116 valence electrons. The third kappa shape index (κ3) is 3.08. The minimum absolute atomic E-state index is 0.0963. The molecule has 1 amide bonds. The van der Waals surface area contributed by atoms with Crippen LogP contribution in [0.4, 0.5) is 0 Å². The number of likely N-dealkylation sites (tertiary alicyclic amines) is 1. The molecule has 0 saturated carbocycles. The topological polar surface area (TPSA) is 73.1 Å². The fourth-order valence-corrected chi connectivity index (χ4v) is 2.52. The second-order valence-electron chi connectivity index (χ2n) is 5.22. The molecule has 0 aliphatic carbocycles. The van der Waals surface area contributed by atoms with E-state index in [0.29, 0.717) is 30.3 Å². The Bertz CT molecular complexity index is 632. The van der Waals surface area contributed by atoms with E-state index in [1.807, 2.05) is 24.0 Å². The molecule has 0 N–H and O–H groups in total. The van der Waals surface area contributed by atoms with Gasteiger partial charge in [-0.05, 0) is 54.5 Å². The monoisotopic (exact) mass is 301 g/mol. The molecule has 7 nitrogen and oxygen atoms in total. The summed E-state index contributed by atoms with van der Waals surface area (Å²) < 4.78 is 7.35. The van der Waals surface area contributed by atoms with E-state index in [2.05, 4.69) is 15.5 Å². The molecule has 1 aliphatic heterocycles. The number of nitrogens with zero attached hydrogens (tertiary/aromatic N) is 5. The van der Waals surface area contributed by atoms with Crippen LogP contribution in [0.25, 0.3) is 0 Å². The van der Waals surface area contributed by atoms with E-state index in [-0.39, 0.29) is 5.91 Å². The first-order valence-electron chi connectivity index (χ1n) is 7.55. The van der Waals surface area contributed by atoms with Crippen molar-refractivity contribution in [3.8, 4) is 5.75 Å². The minimum Gasteiger partial charge on any atom is -0.486 e. The molecule has 0 spiro atoms. The maximum absolute atomic E-state index is 12.2. The van der Waals surface area contributed by atoms with Gasteiger partial charge in [0.25, 0.3) is 5.91 Å². The van der Waals surface area contributed by atoms with Gasteiger partial charge in [-0.2, -0.15) is 0 Å². The molecule has 1 fully saturated rings. The summed E-state index contributed by atoms with van der Waals surface area (Å²) in [7, 11) is 0. The largest absolute Gasteiger partial charge is 0.486 e. The van der Waals surface area contributed by atoms with E-state index in [1.165, 1.54) is 0 Å². The normalized spacial score (nSPS) is 14.3. The maximum Gasteiger partial charge on any atom is 0.253 e. The van der Waals surface area contributed by atoms with Crippen LogP contribution in [0.1, 0.15) is 35.9 Å². The highest BCUT2D eigenvalue weighted by Crippen LogP contribution is 2.17. The Hall–Kier alpha value is -2.44. The fraction of sp³-hybridized carbons (Fsp3) is 0.467. The number of aryl methyl sites for hydroxylation is 1. The average molecular weight is 301 g/mol. The number of carbonyl (C=O) groups excluding carboxylic acids is 1. The van der Waals surface area contributed by atoms with E-state index < -0.39 is 0 Å². The molecule has 0 bridgehead atoms. The fourth-order valence-electron chi connectivity index (χ4n) is 2.52. The van der Waals surface area contributed by atoms with Gasteiger partial charge in [0.1, 0.15) is 12.4 Å². The summed E-state index contributed by atoms with van der Waals surface area (Å²) in [6.07, 6.45) is 2.19. The SMILES string of the molecule is CCn1nnnc1COc1ccc(C(=O)N2CCCC2)cc1. The molecule has 2 aromatic rings. The molecule has 0 atom stereocenters. The predicted molar refractivity (Wildman–Crippen MR) is 79.4 cm³/mol. The number of ether oxygens (including phenoxy) is 1. The van der Waals surface area contributed by atoms with Crippen molar-refractivity contribution in [1.29, 1.82) is 0 Å². The number of aromatic nitrogens is 4. The first kappa shape index (κ1) is 14.5. The van der Waals surface area contributed by atoms with Crippen LogP contribution in [0.15, 0.2) is 24.3 Å². The summed E-state index contributed by atoms with van der Waals surface area (Å²) in [5.74, 6) is 1.47. The van der Waals surface area contributed by atoms with Crippen molar-refractivity contribution in [2.75, 3.05) is 13.1 Å². The summed E-state index contributed by atoms with van der Waals surface area (Å²) in [6.45, 7) is 4.70. The summed E-state index contributed by atoms with van der Waals surface area (Å²) >= 11 is 0. The van der Waals surface area contributed by atoms with E-state index >= 15 is 0 Å². The quantitative estimate of drug-likeness (QED) is 0.837. The Morgan fingerprint density at radius 3 is 2.64 bits per heavy atom. The number of hydrogen-bond donors (Lipinski definition) is 0. The molecule has 0 radical (unpaired) electrons. The Balaban J connectivity index is 1.60. The lowest BCUT2D eigenvalue weighted by Gasteiger charge is -2.15. The summed E-state index contributed by atoms with van der Waals surface area (Å²) in [5.41, 5.74) is 0.702. The van der Waals surface area contributed by atoms with E-state index in [1.54, 1.807) is 16.8 Å². The zero-order valence-electron chi connectivity index (χ0n) is 12.6. The smallest absolute Gasteiger partial charge is 0.253 e. The standard InChI is InChI=1S/C15H19N5O2/c1-2-20-14(16-17-18-20)11-22-13-7-5-12(6-8-13)15(21)19-9-3-4-10-19/h5-8H,2-4,9-11H2,1H3.